The predicted octanol–water partition coefficient (Wildman–Crippen LogP) is 2.83. The van der Waals surface area contributed by atoms with Crippen LogP contribution in [0.5, 0.6) is 0 Å². The lowest BCUT2D eigenvalue weighted by molar-refractivity contribution is 0.0917. The minimum Gasteiger partial charge on any atom is -0.400 e. The van der Waals surface area contributed by atoms with Gasteiger partial charge in [-0.2, -0.15) is 0 Å². The van der Waals surface area contributed by atoms with Gasteiger partial charge in [0.05, 0.1) is 0 Å². The lowest BCUT2D eigenvalue weighted by atomic mass is 9.95. The van der Waals surface area contributed by atoms with Crippen molar-refractivity contribution in [3.05, 3.63) is 23.2 Å². The average Bonchev–Trinajstić information content (AvgIpc) is 2.52. The number of halogens is 1. The van der Waals surface area contributed by atoms with Gasteiger partial charge in [0, 0.05) is 19.3 Å². The molecule has 0 bridgehead atoms. The Kier molecular flexibility index (Phi) is 10.9. The second kappa shape index (κ2) is 11.6. The normalized spacial score (nSPS) is 14.2. The zero-order valence-corrected chi connectivity index (χ0v) is 13.2. The number of nitrogens with one attached hydrogen (secondary N) is 1. The first-order valence-corrected chi connectivity index (χ1v) is 7.37. The van der Waals surface area contributed by atoms with Gasteiger partial charge in [0.2, 0.25) is 5.82 Å². The first-order valence-electron chi connectivity index (χ1n) is 7.00. The monoisotopic (exact) mass is 301 g/mol. The molecule has 0 spiro atoms. The van der Waals surface area contributed by atoms with E-state index in [0.29, 0.717) is 5.15 Å². The van der Waals surface area contributed by atoms with Gasteiger partial charge >= 0.3 is 0 Å². The van der Waals surface area contributed by atoms with Crippen LogP contribution in [0.15, 0.2) is 12.3 Å². The molecule has 2 N–H and O–H groups in total. The predicted molar refractivity (Wildman–Crippen MR) is 80.9 cm³/mol. The minimum atomic E-state index is -0.227. The van der Waals surface area contributed by atoms with E-state index >= 15 is 0 Å². The van der Waals surface area contributed by atoms with Crippen LogP contribution in [0.4, 0.5) is 0 Å². The smallest absolute Gasteiger partial charge is 0.289 e. The number of hydrogen-bond acceptors (Lipinski definition) is 4. The fourth-order valence-corrected chi connectivity index (χ4v) is 2.08. The Morgan fingerprint density at radius 2 is 1.90 bits per heavy atom. The molecule has 0 saturated heterocycles. The van der Waals surface area contributed by atoms with E-state index in [9.17, 15) is 4.79 Å². The lowest BCUT2D eigenvalue weighted by Crippen LogP contribution is -2.37. The van der Waals surface area contributed by atoms with Crippen molar-refractivity contribution in [3.8, 4) is 0 Å². The van der Waals surface area contributed by atoms with Crippen LogP contribution < -0.4 is 5.32 Å². The Labute approximate surface area is 125 Å². The van der Waals surface area contributed by atoms with Gasteiger partial charge in [0.1, 0.15) is 5.15 Å². The van der Waals surface area contributed by atoms with Gasteiger partial charge in [-0.3, -0.25) is 4.79 Å². The lowest BCUT2D eigenvalue weighted by Gasteiger charge is -2.22. The summed E-state index contributed by atoms with van der Waals surface area (Å²) in [5.74, 6) is -0.0764. The third-order valence-electron chi connectivity index (χ3n) is 2.77. The number of carbonyl (C=O) groups excluding carboxylic acids is 1. The van der Waals surface area contributed by atoms with Crippen LogP contribution in [-0.4, -0.2) is 34.1 Å². The molecule has 0 atom stereocenters. The van der Waals surface area contributed by atoms with Crippen molar-refractivity contribution in [2.45, 2.75) is 52.0 Å². The molecule has 0 aromatic carbocycles. The molecule has 1 aromatic rings. The van der Waals surface area contributed by atoms with Crippen LogP contribution in [0.25, 0.3) is 0 Å². The summed E-state index contributed by atoms with van der Waals surface area (Å²) >= 11 is 5.70. The summed E-state index contributed by atoms with van der Waals surface area (Å²) in [6, 6.07) is 1.82. The Morgan fingerprint density at radius 1 is 1.30 bits per heavy atom. The molecular formula is C14H24ClN3O2. The molecule has 6 heteroatoms. The summed E-state index contributed by atoms with van der Waals surface area (Å²) in [6.45, 7) is 4.00. The summed E-state index contributed by atoms with van der Waals surface area (Å²) in [5.41, 5.74) is 0. The molecule has 114 valence electrons. The summed E-state index contributed by atoms with van der Waals surface area (Å²) in [4.78, 5) is 19.5. The largest absolute Gasteiger partial charge is 0.400 e. The maximum atomic E-state index is 11.8. The van der Waals surface area contributed by atoms with E-state index in [4.69, 9.17) is 16.7 Å². The van der Waals surface area contributed by atoms with Crippen molar-refractivity contribution in [2.75, 3.05) is 7.11 Å². The molecule has 20 heavy (non-hydrogen) atoms. The minimum absolute atomic E-state index is 0.151. The van der Waals surface area contributed by atoms with Gasteiger partial charge in [-0.05, 0) is 18.9 Å². The van der Waals surface area contributed by atoms with Crippen LogP contribution in [-0.2, 0) is 0 Å². The van der Waals surface area contributed by atoms with Crippen molar-refractivity contribution in [1.82, 2.24) is 15.3 Å². The Balaban J connectivity index is 0.000000829. The van der Waals surface area contributed by atoms with Gasteiger partial charge in [0.15, 0.2) is 0 Å². The molecule has 1 fully saturated rings. The fraction of sp³-hybridized carbons (Fsp3) is 0.643. The van der Waals surface area contributed by atoms with Gasteiger partial charge in [-0.15, -0.1) is 0 Å². The van der Waals surface area contributed by atoms with Gasteiger partial charge in [-0.25, -0.2) is 9.97 Å². The van der Waals surface area contributed by atoms with Crippen molar-refractivity contribution >= 4 is 17.5 Å². The van der Waals surface area contributed by atoms with Crippen molar-refractivity contribution in [1.29, 1.82) is 0 Å². The molecule has 1 aliphatic rings. The number of aliphatic hydroxyl groups excluding tert-OH is 1. The fourth-order valence-electron chi connectivity index (χ4n) is 1.94. The van der Waals surface area contributed by atoms with E-state index in [2.05, 4.69) is 15.3 Å². The Bertz CT molecular complexity index is 382. The molecule has 1 saturated carbocycles. The molecule has 5 nitrogen and oxygen atoms in total. The maximum absolute atomic E-state index is 11.8. The number of nitrogens with zero attached hydrogens (tertiary/aromatic N) is 2. The first kappa shape index (κ1) is 18.8. The number of aliphatic hydroxyl groups is 1. The quantitative estimate of drug-likeness (QED) is 0.824. The van der Waals surface area contributed by atoms with E-state index in [0.717, 1.165) is 20.0 Å². The van der Waals surface area contributed by atoms with Crippen LogP contribution in [0.2, 0.25) is 5.15 Å². The highest BCUT2D eigenvalue weighted by atomic mass is 35.5. The molecule has 1 heterocycles. The average molecular weight is 302 g/mol. The molecule has 0 unspecified atom stereocenters. The molecule has 0 aliphatic heterocycles. The molecular weight excluding hydrogens is 278 g/mol. The van der Waals surface area contributed by atoms with Crippen LogP contribution in [0.1, 0.15) is 56.6 Å². The summed E-state index contributed by atoms with van der Waals surface area (Å²) in [5, 5.41) is 10.2. The van der Waals surface area contributed by atoms with E-state index in [-0.39, 0.29) is 17.8 Å². The molecule has 0 radical (unpaired) electrons. The standard InChI is InChI=1S/C11H14ClN3O.C2H6.CH4O/c12-9-6-7-13-10(15-9)11(16)14-8-4-2-1-3-5-8;2*1-2/h6-8H,1-5H2,(H,14,16);1-2H3;2H,1H3. The Morgan fingerprint density at radius 3 is 2.45 bits per heavy atom. The third-order valence-corrected chi connectivity index (χ3v) is 2.98. The number of aromatic nitrogens is 2. The van der Waals surface area contributed by atoms with Crippen molar-refractivity contribution < 1.29 is 9.90 Å². The van der Waals surface area contributed by atoms with E-state index in [1.807, 2.05) is 13.8 Å². The number of rotatable bonds is 2. The Hall–Kier alpha value is -1.20. The topological polar surface area (TPSA) is 75.1 Å². The third kappa shape index (κ3) is 6.82. The number of hydrogen-bond donors (Lipinski definition) is 2. The zero-order chi connectivity index (χ0) is 15.4. The molecule has 1 aromatic heterocycles. The van der Waals surface area contributed by atoms with Crippen LogP contribution >= 0.6 is 11.6 Å². The summed E-state index contributed by atoms with van der Waals surface area (Å²) in [6.07, 6.45) is 7.21. The molecule has 2 rings (SSSR count). The molecule has 1 aliphatic carbocycles. The summed E-state index contributed by atoms with van der Waals surface area (Å²) < 4.78 is 0. The van der Waals surface area contributed by atoms with Crippen molar-refractivity contribution in [2.24, 2.45) is 0 Å². The SMILES string of the molecule is CC.CO.O=C(NC1CCCCC1)c1nccc(Cl)n1. The van der Waals surface area contributed by atoms with Gasteiger partial charge in [-0.1, -0.05) is 44.7 Å². The second-order valence-electron chi connectivity index (χ2n) is 4.01. The number of amides is 1. The maximum Gasteiger partial charge on any atom is 0.289 e. The van der Waals surface area contributed by atoms with Crippen molar-refractivity contribution in [3.63, 3.8) is 0 Å². The summed E-state index contributed by atoms with van der Waals surface area (Å²) in [7, 11) is 1.00. The highest BCUT2D eigenvalue weighted by Gasteiger charge is 2.18. The second-order valence-corrected chi connectivity index (χ2v) is 4.40. The molecule has 1 amide bonds. The van der Waals surface area contributed by atoms with E-state index in [1.54, 1.807) is 6.07 Å². The first-order chi connectivity index (χ1) is 9.75. The van der Waals surface area contributed by atoms with Gasteiger partial charge in [0.25, 0.3) is 5.91 Å². The highest BCUT2D eigenvalue weighted by molar-refractivity contribution is 6.29. The van der Waals surface area contributed by atoms with E-state index in [1.165, 1.54) is 25.5 Å². The number of carbonyl (C=O) groups is 1. The highest BCUT2D eigenvalue weighted by Crippen LogP contribution is 2.17. The van der Waals surface area contributed by atoms with Crippen LogP contribution in [0, 0.1) is 0 Å². The zero-order valence-electron chi connectivity index (χ0n) is 12.4. The van der Waals surface area contributed by atoms with Crippen LogP contribution in [0.3, 0.4) is 0 Å². The van der Waals surface area contributed by atoms with E-state index < -0.39 is 0 Å². The van der Waals surface area contributed by atoms with Gasteiger partial charge < -0.3 is 10.4 Å².